The van der Waals surface area contributed by atoms with Gasteiger partial charge in [-0.2, -0.15) is 0 Å². The van der Waals surface area contributed by atoms with Gasteiger partial charge < -0.3 is 4.74 Å². The van der Waals surface area contributed by atoms with E-state index in [-0.39, 0.29) is 12.8 Å². The fourth-order valence-electron chi connectivity index (χ4n) is 2.49. The number of halogens is 3. The molecule has 0 radical (unpaired) electrons. The van der Waals surface area contributed by atoms with E-state index in [4.69, 9.17) is 4.74 Å². The van der Waals surface area contributed by atoms with Crippen LogP contribution in [0.2, 0.25) is 0 Å². The molecular weight excluding hydrogens is 394 g/mol. The zero-order chi connectivity index (χ0) is 18.6. The summed E-state index contributed by atoms with van der Waals surface area (Å²) in [5.74, 6) is -2.13. The highest BCUT2D eigenvalue weighted by atomic mass is 79.9. The van der Waals surface area contributed by atoms with Crippen LogP contribution in [0.4, 0.5) is 8.78 Å². The quantitative estimate of drug-likeness (QED) is 0.674. The van der Waals surface area contributed by atoms with Gasteiger partial charge in [0.1, 0.15) is 23.6 Å². The Kier molecular flexibility index (Phi) is 6.21. The molecule has 1 heterocycles. The van der Waals surface area contributed by atoms with Crippen molar-refractivity contribution in [3.63, 3.8) is 0 Å². The lowest BCUT2D eigenvalue weighted by atomic mass is 9.92. The first-order valence-corrected chi connectivity index (χ1v) is 8.55. The van der Waals surface area contributed by atoms with Gasteiger partial charge in [-0.05, 0) is 60.8 Å². The third kappa shape index (κ3) is 6.16. The zero-order valence-electron chi connectivity index (χ0n) is 14.2. The van der Waals surface area contributed by atoms with Gasteiger partial charge >= 0.3 is 5.97 Å². The van der Waals surface area contributed by atoms with Crippen LogP contribution in [0, 0.1) is 11.6 Å². The first-order chi connectivity index (χ1) is 11.6. The van der Waals surface area contributed by atoms with E-state index in [0.29, 0.717) is 15.7 Å². The second-order valence-electron chi connectivity index (χ2n) is 6.73. The summed E-state index contributed by atoms with van der Waals surface area (Å²) < 4.78 is 33.0. The van der Waals surface area contributed by atoms with Crippen LogP contribution in [0.1, 0.15) is 44.4 Å². The number of hydrogen-bond acceptors (Lipinski definition) is 4. The SMILES string of the molecule is CC(C)(C)OC(=O)CC(Cc1cc(F)cc(F)c1)c1ncncc1Br. The largest absolute Gasteiger partial charge is 0.460 e. The Balaban J connectivity index is 2.29. The molecule has 0 fully saturated rings. The molecule has 7 heteroatoms. The molecule has 0 aliphatic carbocycles. The average molecular weight is 413 g/mol. The van der Waals surface area contributed by atoms with Crippen LogP contribution in [0.25, 0.3) is 0 Å². The van der Waals surface area contributed by atoms with Crippen LogP contribution in [-0.2, 0) is 16.0 Å². The molecular formula is C18H19BrF2N2O2. The lowest BCUT2D eigenvalue weighted by molar-refractivity contribution is -0.155. The van der Waals surface area contributed by atoms with Crippen LogP contribution in [0.3, 0.4) is 0 Å². The normalized spacial score (nSPS) is 12.7. The lowest BCUT2D eigenvalue weighted by Crippen LogP contribution is -2.25. The molecule has 1 aromatic carbocycles. The van der Waals surface area contributed by atoms with Crippen molar-refractivity contribution in [2.24, 2.45) is 0 Å². The first kappa shape index (κ1) is 19.4. The Morgan fingerprint density at radius 2 is 1.88 bits per heavy atom. The summed E-state index contributed by atoms with van der Waals surface area (Å²) in [6.45, 7) is 5.34. The minimum absolute atomic E-state index is 0.0328. The number of ether oxygens (including phenoxy) is 1. The fraction of sp³-hybridized carbons (Fsp3) is 0.389. The topological polar surface area (TPSA) is 52.1 Å². The van der Waals surface area contributed by atoms with Crippen molar-refractivity contribution in [2.75, 3.05) is 0 Å². The van der Waals surface area contributed by atoms with E-state index in [2.05, 4.69) is 25.9 Å². The molecule has 0 bridgehead atoms. The van der Waals surface area contributed by atoms with Crippen LogP contribution in [-0.4, -0.2) is 21.5 Å². The molecule has 2 rings (SSSR count). The molecule has 1 unspecified atom stereocenters. The minimum atomic E-state index is -0.659. The van der Waals surface area contributed by atoms with Crippen molar-refractivity contribution in [1.29, 1.82) is 0 Å². The molecule has 4 nitrogen and oxygen atoms in total. The van der Waals surface area contributed by atoms with Gasteiger partial charge in [-0.3, -0.25) is 4.79 Å². The van der Waals surface area contributed by atoms with E-state index in [9.17, 15) is 13.6 Å². The van der Waals surface area contributed by atoms with Crippen LogP contribution < -0.4 is 0 Å². The fourth-order valence-corrected chi connectivity index (χ4v) is 3.03. The molecule has 0 aliphatic heterocycles. The minimum Gasteiger partial charge on any atom is -0.460 e. The van der Waals surface area contributed by atoms with Crippen molar-refractivity contribution in [3.8, 4) is 0 Å². The standard InChI is InChI=1S/C18H19BrF2N2O2/c1-18(2,3)25-16(24)7-12(17-15(19)9-22-10-23-17)4-11-5-13(20)8-14(21)6-11/h5-6,8-10,12H,4,7H2,1-3H3. The molecule has 1 atom stereocenters. The summed E-state index contributed by atoms with van der Waals surface area (Å²) in [6, 6.07) is 3.31. The van der Waals surface area contributed by atoms with Gasteiger partial charge in [-0.25, -0.2) is 18.7 Å². The van der Waals surface area contributed by atoms with E-state index in [1.807, 2.05) is 0 Å². The number of nitrogens with zero attached hydrogens (tertiary/aromatic N) is 2. The maximum Gasteiger partial charge on any atom is 0.306 e. The molecule has 1 aromatic heterocycles. The highest BCUT2D eigenvalue weighted by molar-refractivity contribution is 9.10. The molecule has 0 saturated carbocycles. The van der Waals surface area contributed by atoms with Gasteiger partial charge in [0.25, 0.3) is 0 Å². The van der Waals surface area contributed by atoms with E-state index in [1.54, 1.807) is 27.0 Å². The Labute approximate surface area is 153 Å². The van der Waals surface area contributed by atoms with Crippen molar-refractivity contribution >= 4 is 21.9 Å². The molecule has 0 spiro atoms. The van der Waals surface area contributed by atoms with Gasteiger partial charge in [0, 0.05) is 18.2 Å². The van der Waals surface area contributed by atoms with Crippen molar-refractivity contribution < 1.29 is 18.3 Å². The monoisotopic (exact) mass is 412 g/mol. The zero-order valence-corrected chi connectivity index (χ0v) is 15.8. The highest BCUT2D eigenvalue weighted by Gasteiger charge is 2.24. The Bertz CT molecular complexity index is 743. The van der Waals surface area contributed by atoms with E-state index >= 15 is 0 Å². The van der Waals surface area contributed by atoms with Crippen LogP contribution in [0.5, 0.6) is 0 Å². The summed E-state index contributed by atoms with van der Waals surface area (Å²) >= 11 is 3.37. The molecule has 25 heavy (non-hydrogen) atoms. The molecule has 0 amide bonds. The molecule has 2 aromatic rings. The predicted octanol–water partition coefficient (Wildman–Crippen LogP) is 4.58. The summed E-state index contributed by atoms with van der Waals surface area (Å²) in [5, 5.41) is 0. The maximum absolute atomic E-state index is 13.5. The first-order valence-electron chi connectivity index (χ1n) is 7.76. The smallest absolute Gasteiger partial charge is 0.306 e. The number of esters is 1. The lowest BCUT2D eigenvalue weighted by Gasteiger charge is -2.22. The van der Waals surface area contributed by atoms with Crippen molar-refractivity contribution in [1.82, 2.24) is 9.97 Å². The van der Waals surface area contributed by atoms with E-state index in [0.717, 1.165) is 6.07 Å². The van der Waals surface area contributed by atoms with Crippen LogP contribution in [0.15, 0.2) is 35.2 Å². The van der Waals surface area contributed by atoms with Gasteiger partial charge in [0.2, 0.25) is 0 Å². The summed E-state index contributed by atoms with van der Waals surface area (Å²) in [5.41, 5.74) is 0.414. The second-order valence-corrected chi connectivity index (χ2v) is 7.58. The Hall–Kier alpha value is -1.89. The maximum atomic E-state index is 13.5. The molecule has 134 valence electrons. The van der Waals surface area contributed by atoms with E-state index < -0.39 is 29.1 Å². The Morgan fingerprint density at radius 3 is 2.44 bits per heavy atom. The van der Waals surface area contributed by atoms with Crippen LogP contribution >= 0.6 is 15.9 Å². The van der Waals surface area contributed by atoms with Gasteiger partial charge in [0.05, 0.1) is 16.6 Å². The second kappa shape index (κ2) is 7.99. The molecule has 0 N–H and O–H groups in total. The van der Waals surface area contributed by atoms with Gasteiger partial charge in [0.15, 0.2) is 0 Å². The number of rotatable bonds is 5. The number of carbonyl (C=O) groups excluding carboxylic acids is 1. The average Bonchev–Trinajstić information content (AvgIpc) is 2.44. The Morgan fingerprint density at radius 1 is 1.24 bits per heavy atom. The van der Waals surface area contributed by atoms with Gasteiger partial charge in [-0.15, -0.1) is 0 Å². The third-order valence-corrected chi connectivity index (χ3v) is 3.93. The third-order valence-electron chi connectivity index (χ3n) is 3.32. The number of carbonyl (C=O) groups is 1. The number of hydrogen-bond donors (Lipinski definition) is 0. The van der Waals surface area contributed by atoms with Crippen molar-refractivity contribution in [3.05, 3.63) is 58.1 Å². The summed E-state index contributed by atoms with van der Waals surface area (Å²) in [7, 11) is 0. The van der Waals surface area contributed by atoms with E-state index in [1.165, 1.54) is 18.5 Å². The van der Waals surface area contributed by atoms with Crippen molar-refractivity contribution in [2.45, 2.75) is 45.1 Å². The number of aromatic nitrogens is 2. The molecule has 0 aliphatic rings. The number of benzene rings is 1. The summed E-state index contributed by atoms with van der Waals surface area (Å²) in [4.78, 5) is 20.4. The summed E-state index contributed by atoms with van der Waals surface area (Å²) in [6.07, 6.45) is 3.21. The predicted molar refractivity (Wildman–Crippen MR) is 93.0 cm³/mol. The highest BCUT2D eigenvalue weighted by Crippen LogP contribution is 2.29. The molecule has 0 saturated heterocycles. The van der Waals surface area contributed by atoms with Gasteiger partial charge in [-0.1, -0.05) is 0 Å².